The fourth-order valence-electron chi connectivity index (χ4n) is 2.85. The van der Waals surface area contributed by atoms with Gasteiger partial charge in [-0.25, -0.2) is 0 Å². The third kappa shape index (κ3) is 4.38. The van der Waals surface area contributed by atoms with Crippen LogP contribution in [-0.4, -0.2) is 23.7 Å². The minimum Gasteiger partial charge on any atom is -0.349 e. The second kappa shape index (κ2) is 7.52. The predicted molar refractivity (Wildman–Crippen MR) is 92.2 cm³/mol. The Bertz CT molecular complexity index is 495. The van der Waals surface area contributed by atoms with Gasteiger partial charge in [-0.15, -0.1) is 24.2 Å². The van der Waals surface area contributed by atoms with Crippen molar-refractivity contribution in [3.8, 4) is 0 Å². The molecule has 3 N–H and O–H groups in total. The Morgan fingerprint density at radius 2 is 2.14 bits per heavy atom. The highest BCUT2D eigenvalue weighted by Crippen LogP contribution is 2.39. The Kier molecular flexibility index (Phi) is 6.57. The summed E-state index contributed by atoms with van der Waals surface area (Å²) in [5.41, 5.74) is 6.72. The van der Waals surface area contributed by atoms with Gasteiger partial charge in [-0.2, -0.15) is 0 Å². The molecule has 1 amide bonds. The molecule has 1 aromatic rings. The third-order valence-electron chi connectivity index (χ3n) is 3.75. The smallest absolute Gasteiger partial charge is 0.228 e. The van der Waals surface area contributed by atoms with Crippen LogP contribution >= 0.6 is 24.2 Å². The maximum atomic E-state index is 12.6. The lowest BCUT2D eigenvalue weighted by Gasteiger charge is -2.32. The van der Waals surface area contributed by atoms with Gasteiger partial charge in [0.2, 0.25) is 5.91 Å². The molecule has 0 spiro atoms. The van der Waals surface area contributed by atoms with Gasteiger partial charge in [-0.1, -0.05) is 32.0 Å². The monoisotopic (exact) mass is 328 g/mol. The summed E-state index contributed by atoms with van der Waals surface area (Å²) in [6.45, 7) is 6.82. The van der Waals surface area contributed by atoms with Crippen molar-refractivity contribution < 1.29 is 4.79 Å². The lowest BCUT2D eigenvalue weighted by molar-refractivity contribution is -0.123. The number of halogens is 1. The van der Waals surface area contributed by atoms with Crippen molar-refractivity contribution in [2.45, 2.75) is 43.5 Å². The number of rotatable bonds is 5. The summed E-state index contributed by atoms with van der Waals surface area (Å²) in [6.07, 6.45) is 0.900. The fraction of sp³-hybridized carbons (Fsp3) is 0.562. The quantitative estimate of drug-likeness (QED) is 0.872. The number of amides is 1. The number of hydrogen-bond donors (Lipinski definition) is 2. The highest BCUT2D eigenvalue weighted by atomic mass is 35.5. The summed E-state index contributed by atoms with van der Waals surface area (Å²) in [5, 5.41) is 3.18. The molecular weight excluding hydrogens is 304 g/mol. The summed E-state index contributed by atoms with van der Waals surface area (Å²) in [4.78, 5) is 13.8. The molecule has 0 fully saturated rings. The molecule has 1 aliphatic heterocycles. The number of carbonyl (C=O) groups is 1. The number of carbonyl (C=O) groups excluding carboxylic acids is 1. The largest absolute Gasteiger partial charge is 0.349 e. The van der Waals surface area contributed by atoms with Crippen LogP contribution in [0.1, 0.15) is 38.7 Å². The molecule has 0 saturated heterocycles. The first-order chi connectivity index (χ1) is 9.45. The lowest BCUT2D eigenvalue weighted by Crippen LogP contribution is -2.53. The standard InChI is InChI=1S/C16H24N2OS.ClH/c1-11(2)8-16(3,10-17)18-15(19)13-9-20-14-7-5-4-6-12(13)14;/h4-7,11,13H,8-10,17H2,1-3H3,(H,18,19);1H. The van der Waals surface area contributed by atoms with Crippen LogP contribution < -0.4 is 11.1 Å². The van der Waals surface area contributed by atoms with Gasteiger partial charge in [0.15, 0.2) is 0 Å². The molecule has 0 bridgehead atoms. The first-order valence-corrected chi connectivity index (χ1v) is 8.17. The van der Waals surface area contributed by atoms with Crippen molar-refractivity contribution >= 4 is 30.1 Å². The molecule has 0 aromatic heterocycles. The molecule has 1 aromatic carbocycles. The second-order valence-corrected chi connectivity index (χ2v) is 7.32. The van der Waals surface area contributed by atoms with Crippen LogP contribution in [0.2, 0.25) is 0 Å². The van der Waals surface area contributed by atoms with Crippen LogP contribution in [0.4, 0.5) is 0 Å². The van der Waals surface area contributed by atoms with Crippen molar-refractivity contribution in [2.75, 3.05) is 12.3 Å². The normalized spacial score (nSPS) is 19.6. The van der Waals surface area contributed by atoms with Crippen LogP contribution in [0.5, 0.6) is 0 Å². The van der Waals surface area contributed by atoms with E-state index in [1.54, 1.807) is 11.8 Å². The number of nitrogens with two attached hydrogens (primary N) is 1. The van der Waals surface area contributed by atoms with E-state index in [-0.39, 0.29) is 29.8 Å². The summed E-state index contributed by atoms with van der Waals surface area (Å²) < 4.78 is 0. The van der Waals surface area contributed by atoms with E-state index in [1.165, 1.54) is 4.90 Å². The molecule has 0 aliphatic carbocycles. The van der Waals surface area contributed by atoms with Gasteiger partial charge < -0.3 is 11.1 Å². The van der Waals surface area contributed by atoms with Crippen LogP contribution in [0.25, 0.3) is 0 Å². The average molecular weight is 329 g/mol. The summed E-state index contributed by atoms with van der Waals surface area (Å²) in [5.74, 6) is 1.40. The first kappa shape index (κ1) is 18.3. The minimum absolute atomic E-state index is 0. The first-order valence-electron chi connectivity index (χ1n) is 7.19. The molecule has 118 valence electrons. The molecule has 2 rings (SSSR count). The van der Waals surface area contributed by atoms with Gasteiger partial charge in [0.1, 0.15) is 0 Å². The van der Waals surface area contributed by atoms with Crippen LogP contribution in [-0.2, 0) is 4.79 Å². The van der Waals surface area contributed by atoms with Crippen molar-refractivity contribution in [1.82, 2.24) is 5.32 Å². The Hall–Kier alpha value is -0.710. The average Bonchev–Trinajstić information content (AvgIpc) is 2.81. The Morgan fingerprint density at radius 1 is 1.48 bits per heavy atom. The van der Waals surface area contributed by atoms with Crippen LogP contribution in [0.15, 0.2) is 29.2 Å². The number of hydrogen-bond acceptors (Lipinski definition) is 3. The highest BCUT2D eigenvalue weighted by Gasteiger charge is 2.33. The van der Waals surface area contributed by atoms with E-state index in [1.807, 2.05) is 19.1 Å². The van der Waals surface area contributed by atoms with E-state index in [4.69, 9.17) is 5.73 Å². The topological polar surface area (TPSA) is 55.1 Å². The van der Waals surface area contributed by atoms with Crippen molar-refractivity contribution in [1.29, 1.82) is 0 Å². The summed E-state index contributed by atoms with van der Waals surface area (Å²) in [7, 11) is 0. The van der Waals surface area contributed by atoms with Crippen LogP contribution in [0, 0.1) is 5.92 Å². The zero-order chi connectivity index (χ0) is 14.8. The molecule has 2 unspecified atom stereocenters. The zero-order valence-electron chi connectivity index (χ0n) is 12.9. The van der Waals surface area contributed by atoms with Crippen molar-refractivity contribution in [2.24, 2.45) is 11.7 Å². The summed E-state index contributed by atoms with van der Waals surface area (Å²) >= 11 is 1.76. The van der Waals surface area contributed by atoms with E-state index in [9.17, 15) is 4.79 Å². The van der Waals surface area contributed by atoms with Gasteiger partial charge in [-0.3, -0.25) is 4.79 Å². The summed E-state index contributed by atoms with van der Waals surface area (Å²) in [6, 6.07) is 8.17. The molecule has 2 atom stereocenters. The Labute approximate surface area is 137 Å². The molecule has 0 saturated carbocycles. The third-order valence-corrected chi connectivity index (χ3v) is 4.93. The van der Waals surface area contributed by atoms with E-state index < -0.39 is 0 Å². The van der Waals surface area contributed by atoms with E-state index >= 15 is 0 Å². The van der Waals surface area contributed by atoms with Gasteiger partial charge in [0, 0.05) is 22.7 Å². The van der Waals surface area contributed by atoms with Crippen molar-refractivity contribution in [3.63, 3.8) is 0 Å². The van der Waals surface area contributed by atoms with Gasteiger partial charge >= 0.3 is 0 Å². The van der Waals surface area contributed by atoms with E-state index in [0.717, 1.165) is 17.7 Å². The number of thioether (sulfide) groups is 1. The maximum Gasteiger partial charge on any atom is 0.228 e. The fourth-order valence-corrected chi connectivity index (χ4v) is 4.08. The maximum absolute atomic E-state index is 12.6. The molecule has 0 radical (unpaired) electrons. The van der Waals surface area contributed by atoms with Crippen molar-refractivity contribution in [3.05, 3.63) is 29.8 Å². The second-order valence-electron chi connectivity index (χ2n) is 6.25. The van der Waals surface area contributed by atoms with Gasteiger partial charge in [0.25, 0.3) is 0 Å². The molecule has 3 nitrogen and oxygen atoms in total. The molecule has 1 aliphatic rings. The Balaban J connectivity index is 0.00000220. The van der Waals surface area contributed by atoms with Crippen LogP contribution in [0.3, 0.4) is 0 Å². The predicted octanol–water partition coefficient (Wildman–Crippen LogP) is 3.18. The zero-order valence-corrected chi connectivity index (χ0v) is 14.5. The van der Waals surface area contributed by atoms with Gasteiger partial charge in [0.05, 0.1) is 5.92 Å². The SMILES string of the molecule is CC(C)CC(C)(CN)NC(=O)C1CSc2ccccc21.Cl. The lowest BCUT2D eigenvalue weighted by atomic mass is 9.89. The highest BCUT2D eigenvalue weighted by molar-refractivity contribution is 7.99. The van der Waals surface area contributed by atoms with E-state index in [0.29, 0.717) is 12.5 Å². The number of benzene rings is 1. The minimum atomic E-state index is -0.312. The van der Waals surface area contributed by atoms with Gasteiger partial charge in [-0.05, 0) is 30.9 Å². The molecular formula is C16H25ClN2OS. The number of nitrogens with one attached hydrogen (secondary N) is 1. The number of fused-ring (bicyclic) bond motifs is 1. The molecule has 5 heteroatoms. The molecule has 1 heterocycles. The van der Waals surface area contributed by atoms with E-state index in [2.05, 4.69) is 31.3 Å². The Morgan fingerprint density at radius 3 is 2.76 bits per heavy atom. The molecule has 21 heavy (non-hydrogen) atoms.